The Morgan fingerprint density at radius 2 is 2.05 bits per heavy atom. The summed E-state index contributed by atoms with van der Waals surface area (Å²) in [5, 5.41) is 14.0. The summed E-state index contributed by atoms with van der Waals surface area (Å²) in [6, 6.07) is 3.36. The second kappa shape index (κ2) is 5.10. The van der Waals surface area contributed by atoms with Crippen molar-refractivity contribution in [3.05, 3.63) is 27.7 Å². The van der Waals surface area contributed by atoms with Crippen molar-refractivity contribution in [2.75, 3.05) is 19.6 Å². The van der Waals surface area contributed by atoms with E-state index < -0.39 is 0 Å². The van der Waals surface area contributed by atoms with Gasteiger partial charge in [-0.05, 0) is 12.1 Å². The molecule has 2 N–H and O–H groups in total. The van der Waals surface area contributed by atoms with Gasteiger partial charge in [0.25, 0.3) is 0 Å². The van der Waals surface area contributed by atoms with Gasteiger partial charge in [0.05, 0.1) is 16.1 Å². The SMILES string of the molecule is C[C@H]1C(=O)N(C2CNC2)C[C@H]1c1c(O)ccc(Cl)c1Cl. The van der Waals surface area contributed by atoms with Gasteiger partial charge in [-0.15, -0.1) is 0 Å². The number of carbonyl (C=O) groups is 1. The molecular weight excluding hydrogens is 299 g/mol. The molecular formula is C14H16Cl2N2O2. The Bertz CT molecular complexity index is 560. The number of benzene rings is 1. The first-order valence-corrected chi connectivity index (χ1v) is 7.44. The second-order valence-corrected chi connectivity index (χ2v) is 6.28. The van der Waals surface area contributed by atoms with Crippen LogP contribution in [0.15, 0.2) is 12.1 Å². The van der Waals surface area contributed by atoms with E-state index in [-0.39, 0.29) is 29.5 Å². The molecule has 2 heterocycles. The maximum absolute atomic E-state index is 12.4. The Labute approximate surface area is 127 Å². The lowest BCUT2D eigenvalue weighted by Gasteiger charge is -2.35. The van der Waals surface area contributed by atoms with Crippen molar-refractivity contribution in [3.63, 3.8) is 0 Å². The molecule has 0 saturated carbocycles. The molecule has 1 aromatic rings. The van der Waals surface area contributed by atoms with Crippen LogP contribution in [-0.2, 0) is 4.79 Å². The summed E-state index contributed by atoms with van der Waals surface area (Å²) in [5.41, 5.74) is 0.592. The Morgan fingerprint density at radius 1 is 1.35 bits per heavy atom. The summed E-state index contributed by atoms with van der Waals surface area (Å²) in [6.45, 7) is 4.14. The van der Waals surface area contributed by atoms with Gasteiger partial charge in [0.1, 0.15) is 5.75 Å². The molecule has 0 aliphatic carbocycles. The van der Waals surface area contributed by atoms with E-state index in [1.165, 1.54) is 6.07 Å². The largest absolute Gasteiger partial charge is 0.508 e. The summed E-state index contributed by atoms with van der Waals surface area (Å²) in [4.78, 5) is 14.3. The number of nitrogens with one attached hydrogen (secondary N) is 1. The average Bonchev–Trinajstić information content (AvgIpc) is 2.62. The number of phenolic OH excluding ortho intramolecular Hbond substituents is 1. The normalized spacial score (nSPS) is 26.9. The first-order valence-electron chi connectivity index (χ1n) is 6.68. The molecule has 0 bridgehead atoms. The Kier molecular flexibility index (Phi) is 3.56. The molecule has 0 aromatic heterocycles. The van der Waals surface area contributed by atoms with Crippen LogP contribution in [0.3, 0.4) is 0 Å². The summed E-state index contributed by atoms with van der Waals surface area (Å²) >= 11 is 12.3. The molecule has 0 unspecified atom stereocenters. The van der Waals surface area contributed by atoms with Gasteiger partial charge in [0.15, 0.2) is 0 Å². The smallest absolute Gasteiger partial charge is 0.226 e. The molecule has 108 valence electrons. The minimum atomic E-state index is -0.197. The average molecular weight is 315 g/mol. The molecule has 2 fully saturated rings. The molecule has 3 rings (SSSR count). The van der Waals surface area contributed by atoms with Crippen molar-refractivity contribution in [2.24, 2.45) is 5.92 Å². The molecule has 2 atom stereocenters. The van der Waals surface area contributed by atoms with Crippen molar-refractivity contribution in [1.82, 2.24) is 10.2 Å². The number of hydrogen-bond donors (Lipinski definition) is 2. The van der Waals surface area contributed by atoms with Crippen LogP contribution < -0.4 is 5.32 Å². The van der Waals surface area contributed by atoms with Crippen molar-refractivity contribution in [3.8, 4) is 5.75 Å². The van der Waals surface area contributed by atoms with Crippen LogP contribution in [0.5, 0.6) is 5.75 Å². The highest BCUT2D eigenvalue weighted by molar-refractivity contribution is 6.42. The van der Waals surface area contributed by atoms with Gasteiger partial charge in [-0.3, -0.25) is 4.79 Å². The molecule has 4 nitrogen and oxygen atoms in total. The third kappa shape index (κ3) is 2.07. The number of hydrogen-bond acceptors (Lipinski definition) is 3. The van der Waals surface area contributed by atoms with E-state index in [9.17, 15) is 9.90 Å². The van der Waals surface area contributed by atoms with Crippen molar-refractivity contribution in [2.45, 2.75) is 18.9 Å². The van der Waals surface area contributed by atoms with Crippen molar-refractivity contribution in [1.29, 1.82) is 0 Å². The van der Waals surface area contributed by atoms with Crippen LogP contribution in [-0.4, -0.2) is 41.6 Å². The van der Waals surface area contributed by atoms with Crippen LogP contribution in [0.1, 0.15) is 18.4 Å². The maximum Gasteiger partial charge on any atom is 0.226 e. The zero-order chi connectivity index (χ0) is 14.4. The van der Waals surface area contributed by atoms with Crippen LogP contribution in [0.25, 0.3) is 0 Å². The van der Waals surface area contributed by atoms with E-state index in [1.54, 1.807) is 6.07 Å². The summed E-state index contributed by atoms with van der Waals surface area (Å²) < 4.78 is 0. The third-order valence-electron chi connectivity index (χ3n) is 4.35. The maximum atomic E-state index is 12.4. The van der Waals surface area contributed by atoms with E-state index >= 15 is 0 Å². The topological polar surface area (TPSA) is 52.6 Å². The summed E-state index contributed by atoms with van der Waals surface area (Å²) in [6.07, 6.45) is 0. The van der Waals surface area contributed by atoms with Gasteiger partial charge >= 0.3 is 0 Å². The lowest BCUT2D eigenvalue weighted by molar-refractivity contribution is -0.133. The fourth-order valence-electron chi connectivity index (χ4n) is 2.97. The number of rotatable bonds is 2. The van der Waals surface area contributed by atoms with Crippen LogP contribution >= 0.6 is 23.2 Å². The lowest BCUT2D eigenvalue weighted by atomic mass is 9.89. The highest BCUT2D eigenvalue weighted by atomic mass is 35.5. The third-order valence-corrected chi connectivity index (χ3v) is 5.17. The van der Waals surface area contributed by atoms with Crippen LogP contribution in [0.2, 0.25) is 10.0 Å². The fourth-order valence-corrected chi connectivity index (χ4v) is 3.43. The minimum Gasteiger partial charge on any atom is -0.508 e. The minimum absolute atomic E-state index is 0.109. The van der Waals surface area contributed by atoms with E-state index in [0.29, 0.717) is 22.2 Å². The molecule has 20 heavy (non-hydrogen) atoms. The number of carbonyl (C=O) groups excluding carboxylic acids is 1. The van der Waals surface area contributed by atoms with Gasteiger partial charge in [0.2, 0.25) is 5.91 Å². The molecule has 1 aromatic carbocycles. The zero-order valence-electron chi connectivity index (χ0n) is 11.1. The first kappa shape index (κ1) is 14.0. The number of amides is 1. The van der Waals surface area contributed by atoms with Crippen LogP contribution in [0.4, 0.5) is 0 Å². The number of phenols is 1. The van der Waals surface area contributed by atoms with Gasteiger partial charge in [-0.1, -0.05) is 30.1 Å². The van der Waals surface area contributed by atoms with E-state index in [2.05, 4.69) is 5.32 Å². The van der Waals surface area contributed by atoms with Gasteiger partial charge in [-0.25, -0.2) is 0 Å². The summed E-state index contributed by atoms with van der Waals surface area (Å²) in [5.74, 6) is -0.0821. The predicted molar refractivity (Wildman–Crippen MR) is 78.4 cm³/mol. The van der Waals surface area contributed by atoms with Crippen LogP contribution in [0, 0.1) is 5.92 Å². The Morgan fingerprint density at radius 3 is 2.65 bits per heavy atom. The lowest BCUT2D eigenvalue weighted by Crippen LogP contribution is -2.57. The number of aromatic hydroxyl groups is 1. The quantitative estimate of drug-likeness (QED) is 0.880. The molecule has 2 aliphatic rings. The second-order valence-electron chi connectivity index (χ2n) is 5.49. The van der Waals surface area contributed by atoms with E-state index in [4.69, 9.17) is 23.2 Å². The zero-order valence-corrected chi connectivity index (χ0v) is 12.6. The predicted octanol–water partition coefficient (Wildman–Crippen LogP) is 2.23. The first-order chi connectivity index (χ1) is 9.50. The Hall–Kier alpha value is -0.970. The molecule has 6 heteroatoms. The Balaban J connectivity index is 1.95. The molecule has 2 aliphatic heterocycles. The number of halogens is 2. The number of nitrogens with zero attached hydrogens (tertiary/aromatic N) is 1. The molecule has 0 spiro atoms. The van der Waals surface area contributed by atoms with Gasteiger partial charge < -0.3 is 15.3 Å². The highest BCUT2D eigenvalue weighted by Gasteiger charge is 2.44. The molecule has 2 saturated heterocycles. The van der Waals surface area contributed by atoms with E-state index in [1.807, 2.05) is 11.8 Å². The van der Waals surface area contributed by atoms with E-state index in [0.717, 1.165) is 13.1 Å². The molecule has 0 radical (unpaired) electrons. The summed E-state index contributed by atoms with van der Waals surface area (Å²) in [7, 11) is 0. The van der Waals surface area contributed by atoms with Gasteiger partial charge in [0, 0.05) is 37.0 Å². The molecule has 1 amide bonds. The highest BCUT2D eigenvalue weighted by Crippen LogP contribution is 2.44. The van der Waals surface area contributed by atoms with Gasteiger partial charge in [-0.2, -0.15) is 0 Å². The standard InChI is InChI=1S/C14H16Cl2N2O2/c1-7-9(6-18(14(7)20)8-4-17-5-8)12-11(19)3-2-10(15)13(12)16/h2-3,7-9,17,19H,4-6H2,1H3/t7-,9-/m1/s1. The monoisotopic (exact) mass is 314 g/mol. The fraction of sp³-hybridized carbons (Fsp3) is 0.500. The van der Waals surface area contributed by atoms with Crippen molar-refractivity contribution >= 4 is 29.1 Å². The van der Waals surface area contributed by atoms with Crippen molar-refractivity contribution < 1.29 is 9.90 Å². The number of likely N-dealkylation sites (tertiary alicyclic amines) is 1.